The first-order chi connectivity index (χ1) is 11.6. The van der Waals surface area contributed by atoms with Gasteiger partial charge in [0.15, 0.2) is 0 Å². The molecule has 0 fully saturated rings. The van der Waals surface area contributed by atoms with Crippen LogP contribution in [0.2, 0.25) is 5.02 Å². The third kappa shape index (κ3) is 2.41. The zero-order chi connectivity index (χ0) is 16.8. The molecule has 2 aliphatic rings. The minimum absolute atomic E-state index is 0.163. The van der Waals surface area contributed by atoms with Crippen LogP contribution in [-0.4, -0.2) is 29.5 Å². The second kappa shape index (κ2) is 5.86. The standard InChI is InChI=1S/C18H18ClN3O2/c1-21-7-6-13-15-9-18(20-23)22(24)17(15)8-14(16(13)10-21)11-2-4-12(19)5-3-11/h2-5,8,22-23H,6-7,9-10H2,1H3. The summed E-state index contributed by atoms with van der Waals surface area (Å²) >= 11 is 6.01. The van der Waals surface area contributed by atoms with Crippen molar-refractivity contribution < 1.29 is 10.3 Å². The van der Waals surface area contributed by atoms with Gasteiger partial charge >= 0.3 is 0 Å². The SMILES string of the molecule is CN1CCc2c(c(-c3ccc(Cl)cc3)cc3c2CC(=NO)[NH+]3[O-])C1. The first kappa shape index (κ1) is 15.6. The molecule has 2 aromatic rings. The van der Waals surface area contributed by atoms with Gasteiger partial charge in [-0.25, -0.2) is 0 Å². The Labute approximate surface area is 145 Å². The Morgan fingerprint density at radius 1 is 1.21 bits per heavy atom. The molecule has 2 N–H and O–H groups in total. The maximum Gasteiger partial charge on any atom is 0.245 e. The van der Waals surface area contributed by atoms with E-state index in [0.717, 1.165) is 36.2 Å². The molecule has 4 rings (SSSR count). The second-order valence-electron chi connectivity index (χ2n) is 6.45. The third-order valence-corrected chi connectivity index (χ3v) is 5.22. The van der Waals surface area contributed by atoms with E-state index in [9.17, 15) is 5.21 Å². The first-order valence-corrected chi connectivity index (χ1v) is 8.34. The van der Waals surface area contributed by atoms with E-state index in [2.05, 4.69) is 17.1 Å². The van der Waals surface area contributed by atoms with Crippen LogP contribution in [0.1, 0.15) is 16.7 Å². The number of hydroxylamine groups is 1. The van der Waals surface area contributed by atoms with Gasteiger partial charge < -0.3 is 15.3 Å². The van der Waals surface area contributed by atoms with E-state index in [1.807, 2.05) is 30.3 Å². The summed E-state index contributed by atoms with van der Waals surface area (Å²) in [6.45, 7) is 1.81. The van der Waals surface area contributed by atoms with Crippen molar-refractivity contribution in [3.05, 3.63) is 57.3 Å². The Morgan fingerprint density at radius 2 is 1.96 bits per heavy atom. The fraction of sp³-hybridized carbons (Fsp3) is 0.278. The van der Waals surface area contributed by atoms with Crippen LogP contribution in [-0.2, 0) is 19.4 Å². The summed E-state index contributed by atoms with van der Waals surface area (Å²) in [6.07, 6.45) is 1.33. The summed E-state index contributed by atoms with van der Waals surface area (Å²) in [5.41, 5.74) is 6.33. The maximum absolute atomic E-state index is 12.5. The zero-order valence-electron chi connectivity index (χ0n) is 13.3. The van der Waals surface area contributed by atoms with E-state index >= 15 is 0 Å². The van der Waals surface area contributed by atoms with Crippen LogP contribution < -0.4 is 5.06 Å². The van der Waals surface area contributed by atoms with Crippen molar-refractivity contribution >= 4 is 23.1 Å². The molecule has 0 spiro atoms. The van der Waals surface area contributed by atoms with Gasteiger partial charge in [0.05, 0.1) is 6.42 Å². The molecular formula is C18H18ClN3O2. The van der Waals surface area contributed by atoms with Crippen LogP contribution in [0.3, 0.4) is 0 Å². The number of likely N-dealkylation sites (N-methyl/N-ethyl adjacent to an activating group) is 1. The van der Waals surface area contributed by atoms with Gasteiger partial charge in [0.1, 0.15) is 5.69 Å². The van der Waals surface area contributed by atoms with E-state index in [1.54, 1.807) is 0 Å². The number of benzene rings is 2. The number of oxime groups is 1. The highest BCUT2D eigenvalue weighted by Crippen LogP contribution is 2.37. The molecular weight excluding hydrogens is 326 g/mol. The number of amidine groups is 1. The number of hydrogen-bond donors (Lipinski definition) is 2. The lowest BCUT2D eigenvalue weighted by Gasteiger charge is -2.29. The molecule has 2 aliphatic heterocycles. The van der Waals surface area contributed by atoms with E-state index < -0.39 is 0 Å². The van der Waals surface area contributed by atoms with Gasteiger partial charge in [0.25, 0.3) is 0 Å². The summed E-state index contributed by atoms with van der Waals surface area (Å²) in [7, 11) is 2.10. The van der Waals surface area contributed by atoms with Crippen molar-refractivity contribution in [2.75, 3.05) is 13.6 Å². The van der Waals surface area contributed by atoms with Crippen LogP contribution in [0.25, 0.3) is 11.1 Å². The molecule has 0 aliphatic carbocycles. The highest BCUT2D eigenvalue weighted by Gasteiger charge is 2.33. The van der Waals surface area contributed by atoms with E-state index in [0.29, 0.717) is 17.1 Å². The second-order valence-corrected chi connectivity index (χ2v) is 6.89. The van der Waals surface area contributed by atoms with Gasteiger partial charge in [0.2, 0.25) is 5.84 Å². The highest BCUT2D eigenvalue weighted by molar-refractivity contribution is 6.30. The summed E-state index contributed by atoms with van der Waals surface area (Å²) in [5.74, 6) is 0.236. The molecule has 1 atom stereocenters. The Bertz CT molecular complexity index is 833. The number of halogens is 1. The number of fused-ring (bicyclic) bond motifs is 3. The highest BCUT2D eigenvalue weighted by atomic mass is 35.5. The van der Waals surface area contributed by atoms with E-state index in [4.69, 9.17) is 16.8 Å². The van der Waals surface area contributed by atoms with Crippen LogP contribution in [0.4, 0.5) is 5.69 Å². The van der Waals surface area contributed by atoms with Crippen molar-refractivity contribution in [1.29, 1.82) is 0 Å². The number of hydrogen-bond acceptors (Lipinski definition) is 4. The van der Waals surface area contributed by atoms with Crippen LogP contribution in [0.5, 0.6) is 0 Å². The molecule has 124 valence electrons. The number of quaternary nitrogens is 1. The van der Waals surface area contributed by atoms with Gasteiger partial charge in [-0.1, -0.05) is 23.7 Å². The van der Waals surface area contributed by atoms with Gasteiger partial charge in [-0.3, -0.25) is 5.06 Å². The van der Waals surface area contributed by atoms with E-state index in [-0.39, 0.29) is 10.9 Å². The van der Waals surface area contributed by atoms with E-state index in [1.165, 1.54) is 11.1 Å². The first-order valence-electron chi connectivity index (χ1n) is 7.96. The minimum atomic E-state index is -0.163. The Kier molecular flexibility index (Phi) is 3.81. The number of nitrogens with zero attached hydrogens (tertiary/aromatic N) is 2. The average Bonchev–Trinajstić information content (AvgIpc) is 2.91. The fourth-order valence-corrected chi connectivity index (χ4v) is 3.86. The predicted molar refractivity (Wildman–Crippen MR) is 93.8 cm³/mol. The van der Waals surface area contributed by atoms with Gasteiger partial charge in [-0.15, -0.1) is 0 Å². The molecule has 5 nitrogen and oxygen atoms in total. The molecule has 0 amide bonds. The molecule has 2 heterocycles. The zero-order valence-corrected chi connectivity index (χ0v) is 14.1. The Morgan fingerprint density at radius 3 is 2.67 bits per heavy atom. The molecule has 2 aromatic carbocycles. The van der Waals surface area contributed by atoms with Crippen LogP contribution in [0.15, 0.2) is 35.5 Å². The quantitative estimate of drug-likeness (QED) is 0.474. The van der Waals surface area contributed by atoms with Crippen molar-refractivity contribution in [3.63, 3.8) is 0 Å². The Hall–Kier alpha value is -1.92. The summed E-state index contributed by atoms with van der Waals surface area (Å²) in [6, 6.07) is 9.66. The molecule has 24 heavy (non-hydrogen) atoms. The van der Waals surface area contributed by atoms with Gasteiger partial charge in [-0.2, -0.15) is 0 Å². The fourth-order valence-electron chi connectivity index (χ4n) is 3.74. The summed E-state index contributed by atoms with van der Waals surface area (Å²) in [5, 5.41) is 25.3. The Balaban J connectivity index is 1.94. The van der Waals surface area contributed by atoms with Gasteiger partial charge in [-0.05, 0) is 53.0 Å². The molecule has 0 radical (unpaired) electrons. The largest absolute Gasteiger partial charge is 0.622 e. The smallest absolute Gasteiger partial charge is 0.245 e. The lowest BCUT2D eigenvalue weighted by molar-refractivity contribution is -0.665. The topological polar surface area (TPSA) is 63.3 Å². The summed E-state index contributed by atoms with van der Waals surface area (Å²) in [4.78, 5) is 2.28. The van der Waals surface area contributed by atoms with Crippen molar-refractivity contribution in [1.82, 2.24) is 4.90 Å². The molecule has 0 bridgehead atoms. The molecule has 0 saturated heterocycles. The molecule has 1 unspecified atom stereocenters. The predicted octanol–water partition coefficient (Wildman–Crippen LogP) is 2.35. The van der Waals surface area contributed by atoms with Crippen molar-refractivity contribution in [2.45, 2.75) is 19.4 Å². The normalized spacial score (nSPS) is 21.8. The van der Waals surface area contributed by atoms with Crippen molar-refractivity contribution in [2.24, 2.45) is 5.16 Å². The summed E-state index contributed by atoms with van der Waals surface area (Å²) < 4.78 is 0. The number of nitrogens with one attached hydrogen (secondary N) is 1. The van der Waals surface area contributed by atoms with Gasteiger partial charge in [0, 0.05) is 29.7 Å². The lowest BCUT2D eigenvalue weighted by atomic mass is 9.86. The van der Waals surface area contributed by atoms with Crippen LogP contribution >= 0.6 is 11.6 Å². The lowest BCUT2D eigenvalue weighted by Crippen LogP contribution is -3.03. The van der Waals surface area contributed by atoms with Crippen LogP contribution in [0, 0.1) is 5.21 Å². The van der Waals surface area contributed by atoms with Crippen molar-refractivity contribution in [3.8, 4) is 11.1 Å². The maximum atomic E-state index is 12.5. The number of rotatable bonds is 1. The monoisotopic (exact) mass is 343 g/mol. The average molecular weight is 344 g/mol. The minimum Gasteiger partial charge on any atom is -0.622 e. The molecule has 0 saturated carbocycles. The third-order valence-electron chi connectivity index (χ3n) is 4.97. The molecule has 6 heteroatoms. The molecule has 0 aromatic heterocycles.